The molecule has 0 N–H and O–H groups in total. The Hall–Kier alpha value is -2.14. The van der Waals surface area contributed by atoms with Gasteiger partial charge in [0.15, 0.2) is 0 Å². The SMILES string of the molecule is CCOC(=O)C1CCN(Cc2ccc3cc(OC4CCC(F)(CC)CC4)ccc3c2)CC1. The number of fused-ring (bicyclic) bond motifs is 1. The molecular formula is C27H36FNO3. The van der Waals surface area contributed by atoms with Crippen LogP contribution in [0.25, 0.3) is 10.8 Å². The van der Waals surface area contributed by atoms with Crippen molar-refractivity contribution >= 4 is 16.7 Å². The quantitative estimate of drug-likeness (QED) is 0.490. The van der Waals surface area contributed by atoms with E-state index < -0.39 is 5.67 Å². The molecule has 2 aromatic rings. The van der Waals surface area contributed by atoms with Crippen molar-refractivity contribution in [3.8, 4) is 5.75 Å². The second kappa shape index (κ2) is 10.2. The van der Waals surface area contributed by atoms with E-state index in [1.807, 2.05) is 19.9 Å². The average molecular weight is 442 g/mol. The van der Waals surface area contributed by atoms with Crippen LogP contribution in [0.15, 0.2) is 36.4 Å². The monoisotopic (exact) mass is 441 g/mol. The van der Waals surface area contributed by atoms with Gasteiger partial charge in [0.2, 0.25) is 0 Å². The molecule has 0 amide bonds. The summed E-state index contributed by atoms with van der Waals surface area (Å²) in [5, 5.41) is 2.37. The highest BCUT2D eigenvalue weighted by Crippen LogP contribution is 2.36. The van der Waals surface area contributed by atoms with E-state index in [1.54, 1.807) is 0 Å². The lowest BCUT2D eigenvalue weighted by Gasteiger charge is -2.33. The minimum Gasteiger partial charge on any atom is -0.490 e. The Morgan fingerprint density at radius 1 is 1.03 bits per heavy atom. The summed E-state index contributed by atoms with van der Waals surface area (Å²) in [5.41, 5.74) is 0.292. The zero-order chi connectivity index (χ0) is 22.6. The maximum absolute atomic E-state index is 14.4. The van der Waals surface area contributed by atoms with Crippen LogP contribution in [0, 0.1) is 5.92 Å². The van der Waals surface area contributed by atoms with Crippen molar-refractivity contribution in [1.29, 1.82) is 0 Å². The first kappa shape index (κ1) is 23.0. The number of rotatable bonds is 7. The molecule has 0 atom stereocenters. The Kier molecular flexibility index (Phi) is 7.34. The number of hydrogen-bond acceptors (Lipinski definition) is 4. The number of piperidine rings is 1. The number of benzene rings is 2. The summed E-state index contributed by atoms with van der Waals surface area (Å²) >= 11 is 0. The average Bonchev–Trinajstić information content (AvgIpc) is 2.81. The summed E-state index contributed by atoms with van der Waals surface area (Å²) in [5.74, 6) is 0.881. The van der Waals surface area contributed by atoms with E-state index in [4.69, 9.17) is 9.47 Å². The van der Waals surface area contributed by atoms with Gasteiger partial charge < -0.3 is 9.47 Å². The maximum atomic E-state index is 14.4. The van der Waals surface area contributed by atoms with Gasteiger partial charge in [-0.25, -0.2) is 4.39 Å². The van der Waals surface area contributed by atoms with E-state index >= 15 is 0 Å². The van der Waals surface area contributed by atoms with E-state index in [9.17, 15) is 9.18 Å². The number of alkyl halides is 1. The number of likely N-dealkylation sites (tertiary alicyclic amines) is 1. The molecular weight excluding hydrogens is 405 g/mol. The minimum absolute atomic E-state index is 0.0431. The van der Waals surface area contributed by atoms with Crippen molar-refractivity contribution in [2.45, 2.75) is 77.1 Å². The fourth-order valence-electron chi connectivity index (χ4n) is 5.06. The lowest BCUT2D eigenvalue weighted by Crippen LogP contribution is -2.36. The highest BCUT2D eigenvalue weighted by Gasteiger charge is 2.34. The molecule has 0 spiro atoms. The maximum Gasteiger partial charge on any atom is 0.309 e. The second-order valence-electron chi connectivity index (χ2n) is 9.47. The van der Waals surface area contributed by atoms with Crippen LogP contribution in [0.4, 0.5) is 4.39 Å². The number of ether oxygens (including phenoxy) is 2. The van der Waals surface area contributed by atoms with Gasteiger partial charge >= 0.3 is 5.97 Å². The number of esters is 1. The van der Waals surface area contributed by atoms with Gasteiger partial charge in [0, 0.05) is 6.54 Å². The summed E-state index contributed by atoms with van der Waals surface area (Å²) in [6.45, 7) is 7.00. The molecule has 1 saturated carbocycles. The van der Waals surface area contributed by atoms with E-state index in [0.29, 0.717) is 25.9 Å². The fourth-order valence-corrected chi connectivity index (χ4v) is 5.06. The summed E-state index contributed by atoms with van der Waals surface area (Å²) in [4.78, 5) is 14.4. The molecule has 1 heterocycles. The van der Waals surface area contributed by atoms with E-state index in [0.717, 1.165) is 56.5 Å². The van der Waals surface area contributed by atoms with Gasteiger partial charge in [0.05, 0.1) is 18.6 Å². The first-order chi connectivity index (χ1) is 15.5. The van der Waals surface area contributed by atoms with Crippen molar-refractivity contribution in [2.24, 2.45) is 5.92 Å². The third-order valence-corrected chi connectivity index (χ3v) is 7.25. The van der Waals surface area contributed by atoms with Gasteiger partial charge in [0.25, 0.3) is 0 Å². The standard InChI is InChI=1S/C27H36FNO3/c1-3-27(28)13-9-24(10-14-27)32-25-8-7-22-17-20(5-6-23(22)18-25)19-29-15-11-21(12-16-29)26(30)31-4-2/h5-8,17-18,21,24H,3-4,9-16,19H2,1-2H3. The number of hydrogen-bond donors (Lipinski definition) is 0. The predicted octanol–water partition coefficient (Wildman–Crippen LogP) is 6.05. The van der Waals surface area contributed by atoms with Crippen molar-refractivity contribution in [2.75, 3.05) is 19.7 Å². The van der Waals surface area contributed by atoms with Gasteiger partial charge in [0.1, 0.15) is 11.4 Å². The molecule has 1 saturated heterocycles. The Balaban J connectivity index is 1.32. The zero-order valence-electron chi connectivity index (χ0n) is 19.4. The molecule has 0 radical (unpaired) electrons. The van der Waals surface area contributed by atoms with Gasteiger partial charge in [-0.15, -0.1) is 0 Å². The molecule has 0 bridgehead atoms. The number of halogens is 1. The lowest BCUT2D eigenvalue weighted by molar-refractivity contribution is -0.149. The number of carbonyl (C=O) groups is 1. The summed E-state index contributed by atoms with van der Waals surface area (Å²) in [7, 11) is 0. The molecule has 32 heavy (non-hydrogen) atoms. The normalized spacial score (nSPS) is 25.0. The third kappa shape index (κ3) is 5.61. The van der Waals surface area contributed by atoms with Crippen molar-refractivity contribution in [3.63, 3.8) is 0 Å². The molecule has 5 heteroatoms. The van der Waals surface area contributed by atoms with Crippen LogP contribution in [-0.2, 0) is 16.1 Å². The third-order valence-electron chi connectivity index (χ3n) is 7.25. The van der Waals surface area contributed by atoms with Crippen LogP contribution < -0.4 is 4.74 Å². The second-order valence-corrected chi connectivity index (χ2v) is 9.47. The topological polar surface area (TPSA) is 38.8 Å². The van der Waals surface area contributed by atoms with E-state index in [2.05, 4.69) is 35.2 Å². The van der Waals surface area contributed by atoms with Gasteiger partial charge in [-0.3, -0.25) is 9.69 Å². The molecule has 174 valence electrons. The molecule has 4 nitrogen and oxygen atoms in total. The number of nitrogens with zero attached hydrogens (tertiary/aromatic N) is 1. The Labute approximate surface area is 191 Å². The molecule has 0 unspecified atom stereocenters. The summed E-state index contributed by atoms with van der Waals surface area (Å²) in [6.07, 6.45) is 5.22. The Morgan fingerprint density at radius 2 is 1.72 bits per heavy atom. The summed E-state index contributed by atoms with van der Waals surface area (Å²) < 4.78 is 25.8. The smallest absolute Gasteiger partial charge is 0.309 e. The largest absolute Gasteiger partial charge is 0.490 e. The fraction of sp³-hybridized carbons (Fsp3) is 0.593. The first-order valence-corrected chi connectivity index (χ1v) is 12.3. The van der Waals surface area contributed by atoms with Gasteiger partial charge in [-0.05, 0) is 99.5 Å². The van der Waals surface area contributed by atoms with Crippen LogP contribution in [0.5, 0.6) is 5.75 Å². The molecule has 2 aromatic carbocycles. The summed E-state index contributed by atoms with van der Waals surface area (Å²) in [6, 6.07) is 12.8. The predicted molar refractivity (Wildman–Crippen MR) is 126 cm³/mol. The molecule has 1 aliphatic heterocycles. The Morgan fingerprint density at radius 3 is 2.41 bits per heavy atom. The first-order valence-electron chi connectivity index (χ1n) is 12.3. The molecule has 1 aliphatic carbocycles. The molecule has 0 aromatic heterocycles. The highest BCUT2D eigenvalue weighted by molar-refractivity contribution is 5.84. The molecule has 4 rings (SSSR count). The zero-order valence-corrected chi connectivity index (χ0v) is 19.4. The Bertz CT molecular complexity index is 914. The molecule has 2 fully saturated rings. The van der Waals surface area contributed by atoms with E-state index in [-0.39, 0.29) is 18.0 Å². The highest BCUT2D eigenvalue weighted by atomic mass is 19.1. The van der Waals surface area contributed by atoms with Gasteiger partial charge in [-0.1, -0.05) is 25.1 Å². The van der Waals surface area contributed by atoms with Crippen LogP contribution in [-0.4, -0.2) is 42.3 Å². The van der Waals surface area contributed by atoms with Crippen molar-refractivity contribution < 1.29 is 18.7 Å². The van der Waals surface area contributed by atoms with Crippen molar-refractivity contribution in [1.82, 2.24) is 4.90 Å². The van der Waals surface area contributed by atoms with E-state index in [1.165, 1.54) is 10.9 Å². The van der Waals surface area contributed by atoms with Crippen molar-refractivity contribution in [3.05, 3.63) is 42.0 Å². The number of carbonyl (C=O) groups excluding carboxylic acids is 1. The van der Waals surface area contributed by atoms with Crippen LogP contribution in [0.3, 0.4) is 0 Å². The van der Waals surface area contributed by atoms with Crippen LogP contribution >= 0.6 is 0 Å². The molecule has 2 aliphatic rings. The van der Waals surface area contributed by atoms with Crippen LogP contribution in [0.1, 0.15) is 64.4 Å². The lowest BCUT2D eigenvalue weighted by atomic mass is 9.83. The van der Waals surface area contributed by atoms with Crippen LogP contribution in [0.2, 0.25) is 0 Å². The van der Waals surface area contributed by atoms with Gasteiger partial charge in [-0.2, -0.15) is 0 Å². The minimum atomic E-state index is -0.992.